The second-order valence-electron chi connectivity index (χ2n) is 6.73. The molecule has 3 N–H and O–H groups in total. The van der Waals surface area contributed by atoms with Crippen LogP contribution in [-0.4, -0.2) is 12.5 Å². The predicted molar refractivity (Wildman–Crippen MR) is 99.6 cm³/mol. The van der Waals surface area contributed by atoms with Gasteiger partial charge in [-0.2, -0.15) is 0 Å². The SMILES string of the molecule is CC(C)C(CNC(=O)C(C)C(N)c1ccccc1)c1ccccc1. The Morgan fingerprint density at radius 3 is 1.92 bits per heavy atom. The van der Waals surface area contributed by atoms with Crippen molar-refractivity contribution >= 4 is 5.91 Å². The van der Waals surface area contributed by atoms with Crippen molar-refractivity contribution in [1.82, 2.24) is 5.32 Å². The molecule has 0 saturated heterocycles. The lowest BCUT2D eigenvalue weighted by atomic mass is 9.88. The van der Waals surface area contributed by atoms with Gasteiger partial charge in [-0.25, -0.2) is 0 Å². The molecule has 0 aromatic heterocycles. The maximum absolute atomic E-state index is 12.5. The number of amides is 1. The molecule has 0 spiro atoms. The number of carbonyl (C=O) groups is 1. The Morgan fingerprint density at radius 2 is 1.42 bits per heavy atom. The molecule has 128 valence electrons. The summed E-state index contributed by atoms with van der Waals surface area (Å²) in [4.78, 5) is 12.5. The van der Waals surface area contributed by atoms with Gasteiger partial charge in [-0.15, -0.1) is 0 Å². The fourth-order valence-corrected chi connectivity index (χ4v) is 2.94. The first-order chi connectivity index (χ1) is 11.5. The fourth-order valence-electron chi connectivity index (χ4n) is 2.94. The number of rotatable bonds is 7. The van der Waals surface area contributed by atoms with E-state index in [1.54, 1.807) is 0 Å². The molecular formula is C21H28N2O. The van der Waals surface area contributed by atoms with Crippen LogP contribution in [0.4, 0.5) is 0 Å². The van der Waals surface area contributed by atoms with Crippen LogP contribution in [0.5, 0.6) is 0 Å². The number of hydrogen-bond acceptors (Lipinski definition) is 2. The average molecular weight is 324 g/mol. The standard InChI is InChI=1S/C21H28N2O/c1-15(2)19(17-10-6-4-7-11-17)14-23-21(24)16(3)20(22)18-12-8-5-9-13-18/h4-13,15-16,19-20H,14,22H2,1-3H3,(H,23,24). The molecule has 2 rings (SSSR count). The highest BCUT2D eigenvalue weighted by molar-refractivity contribution is 5.79. The molecule has 3 nitrogen and oxygen atoms in total. The van der Waals surface area contributed by atoms with Gasteiger partial charge in [0.15, 0.2) is 0 Å². The van der Waals surface area contributed by atoms with E-state index in [0.717, 1.165) is 5.56 Å². The van der Waals surface area contributed by atoms with Crippen molar-refractivity contribution in [2.75, 3.05) is 6.54 Å². The molecule has 0 aliphatic carbocycles. The lowest BCUT2D eigenvalue weighted by Crippen LogP contribution is -2.38. The summed E-state index contributed by atoms with van der Waals surface area (Å²) in [6, 6.07) is 19.8. The summed E-state index contributed by atoms with van der Waals surface area (Å²) in [6.45, 7) is 6.89. The monoisotopic (exact) mass is 324 g/mol. The van der Waals surface area contributed by atoms with E-state index in [0.29, 0.717) is 18.4 Å². The Morgan fingerprint density at radius 1 is 0.917 bits per heavy atom. The van der Waals surface area contributed by atoms with Crippen LogP contribution >= 0.6 is 0 Å². The highest BCUT2D eigenvalue weighted by atomic mass is 16.1. The molecular weight excluding hydrogens is 296 g/mol. The quantitative estimate of drug-likeness (QED) is 0.812. The Labute approximate surface area is 145 Å². The van der Waals surface area contributed by atoms with Gasteiger partial charge in [-0.1, -0.05) is 81.4 Å². The predicted octanol–water partition coefficient (Wildman–Crippen LogP) is 3.88. The zero-order valence-electron chi connectivity index (χ0n) is 14.8. The Balaban J connectivity index is 1.98. The van der Waals surface area contributed by atoms with Crippen molar-refractivity contribution in [3.8, 4) is 0 Å². The van der Waals surface area contributed by atoms with Gasteiger partial charge in [0.05, 0.1) is 5.92 Å². The molecule has 0 aliphatic rings. The second kappa shape index (κ2) is 8.65. The molecule has 0 heterocycles. The van der Waals surface area contributed by atoms with Crippen LogP contribution in [0.1, 0.15) is 43.9 Å². The molecule has 0 fully saturated rings. The lowest BCUT2D eigenvalue weighted by Gasteiger charge is -2.24. The van der Waals surface area contributed by atoms with E-state index in [1.807, 2.05) is 55.5 Å². The Hall–Kier alpha value is -2.13. The molecule has 0 bridgehead atoms. The molecule has 3 heteroatoms. The molecule has 24 heavy (non-hydrogen) atoms. The summed E-state index contributed by atoms with van der Waals surface area (Å²) in [5.41, 5.74) is 8.50. The van der Waals surface area contributed by atoms with Gasteiger partial charge < -0.3 is 11.1 Å². The van der Waals surface area contributed by atoms with Gasteiger partial charge in [0.2, 0.25) is 5.91 Å². The van der Waals surface area contributed by atoms with Crippen LogP contribution in [0.3, 0.4) is 0 Å². The summed E-state index contributed by atoms with van der Waals surface area (Å²) < 4.78 is 0. The van der Waals surface area contributed by atoms with Gasteiger partial charge in [0.1, 0.15) is 0 Å². The van der Waals surface area contributed by atoms with Gasteiger partial charge in [-0.3, -0.25) is 4.79 Å². The van der Waals surface area contributed by atoms with Crippen LogP contribution in [0.15, 0.2) is 60.7 Å². The number of benzene rings is 2. The minimum atomic E-state index is -0.291. The first-order valence-corrected chi connectivity index (χ1v) is 8.64. The number of carbonyl (C=O) groups excluding carboxylic acids is 1. The summed E-state index contributed by atoms with van der Waals surface area (Å²) >= 11 is 0. The van der Waals surface area contributed by atoms with Crippen molar-refractivity contribution in [3.05, 3.63) is 71.8 Å². The van der Waals surface area contributed by atoms with Crippen molar-refractivity contribution in [2.45, 2.75) is 32.7 Å². The van der Waals surface area contributed by atoms with E-state index in [4.69, 9.17) is 5.73 Å². The van der Waals surface area contributed by atoms with Crippen LogP contribution in [0.25, 0.3) is 0 Å². The molecule has 3 unspecified atom stereocenters. The molecule has 2 aromatic rings. The normalized spacial score (nSPS) is 14.9. The van der Waals surface area contributed by atoms with Gasteiger partial charge >= 0.3 is 0 Å². The molecule has 0 aliphatic heterocycles. The first-order valence-electron chi connectivity index (χ1n) is 8.64. The number of hydrogen-bond donors (Lipinski definition) is 2. The molecule has 1 amide bonds. The van der Waals surface area contributed by atoms with E-state index >= 15 is 0 Å². The second-order valence-corrected chi connectivity index (χ2v) is 6.73. The largest absolute Gasteiger partial charge is 0.355 e. The Bertz CT molecular complexity index is 625. The molecule has 3 atom stereocenters. The highest BCUT2D eigenvalue weighted by Crippen LogP contribution is 2.24. The van der Waals surface area contributed by atoms with E-state index in [1.165, 1.54) is 5.56 Å². The molecule has 2 aromatic carbocycles. The van der Waals surface area contributed by atoms with Crippen LogP contribution in [-0.2, 0) is 4.79 Å². The first kappa shape index (κ1) is 18.2. The third kappa shape index (κ3) is 4.68. The van der Waals surface area contributed by atoms with E-state index < -0.39 is 0 Å². The van der Waals surface area contributed by atoms with Gasteiger partial charge in [0, 0.05) is 18.5 Å². The third-order valence-corrected chi connectivity index (χ3v) is 4.67. The smallest absolute Gasteiger partial charge is 0.224 e. The summed E-state index contributed by atoms with van der Waals surface area (Å²) in [7, 11) is 0. The number of nitrogens with one attached hydrogen (secondary N) is 1. The van der Waals surface area contributed by atoms with Crippen molar-refractivity contribution in [1.29, 1.82) is 0 Å². The highest BCUT2D eigenvalue weighted by Gasteiger charge is 2.23. The van der Waals surface area contributed by atoms with E-state index in [9.17, 15) is 4.79 Å². The average Bonchev–Trinajstić information content (AvgIpc) is 2.61. The molecule has 0 radical (unpaired) electrons. The maximum atomic E-state index is 12.5. The summed E-state index contributed by atoms with van der Waals surface area (Å²) in [6.07, 6.45) is 0. The fraction of sp³-hybridized carbons (Fsp3) is 0.381. The van der Waals surface area contributed by atoms with Crippen LogP contribution in [0, 0.1) is 11.8 Å². The zero-order chi connectivity index (χ0) is 17.5. The lowest BCUT2D eigenvalue weighted by molar-refractivity contribution is -0.125. The van der Waals surface area contributed by atoms with Crippen molar-refractivity contribution in [3.63, 3.8) is 0 Å². The Kier molecular flexibility index (Phi) is 6.56. The van der Waals surface area contributed by atoms with E-state index in [-0.39, 0.29) is 17.9 Å². The maximum Gasteiger partial charge on any atom is 0.224 e. The van der Waals surface area contributed by atoms with Crippen LogP contribution in [0.2, 0.25) is 0 Å². The summed E-state index contributed by atoms with van der Waals surface area (Å²) in [5.74, 6) is 0.491. The van der Waals surface area contributed by atoms with E-state index in [2.05, 4.69) is 31.3 Å². The van der Waals surface area contributed by atoms with Crippen molar-refractivity contribution in [2.24, 2.45) is 17.6 Å². The van der Waals surface area contributed by atoms with Gasteiger partial charge in [-0.05, 0) is 17.0 Å². The zero-order valence-corrected chi connectivity index (χ0v) is 14.8. The summed E-state index contributed by atoms with van der Waals surface area (Å²) in [5, 5.41) is 3.09. The van der Waals surface area contributed by atoms with Crippen LogP contribution < -0.4 is 11.1 Å². The topological polar surface area (TPSA) is 55.1 Å². The minimum absolute atomic E-state index is 0.00735. The van der Waals surface area contributed by atoms with Crippen molar-refractivity contribution < 1.29 is 4.79 Å². The number of nitrogens with two attached hydrogens (primary N) is 1. The minimum Gasteiger partial charge on any atom is -0.355 e. The molecule has 0 saturated carbocycles. The van der Waals surface area contributed by atoms with Gasteiger partial charge in [0.25, 0.3) is 0 Å². The third-order valence-electron chi connectivity index (χ3n) is 4.67.